The third-order valence-electron chi connectivity index (χ3n) is 6.93. The van der Waals surface area contributed by atoms with Crippen LogP contribution in [0.4, 0.5) is 55.9 Å². The van der Waals surface area contributed by atoms with E-state index in [4.69, 9.17) is 0 Å². The van der Waals surface area contributed by atoms with Crippen molar-refractivity contribution in [2.75, 3.05) is 9.80 Å². The average Bonchev–Trinajstić information content (AvgIpc) is 3.30. The summed E-state index contributed by atoms with van der Waals surface area (Å²) in [7, 11) is 1.34. The molecule has 2 aromatic carbocycles. The van der Waals surface area contributed by atoms with Gasteiger partial charge in [-0.2, -0.15) is 44.3 Å². The van der Waals surface area contributed by atoms with Crippen molar-refractivity contribution in [3.63, 3.8) is 0 Å². The van der Waals surface area contributed by atoms with Gasteiger partial charge in [0.25, 0.3) is 5.95 Å². The number of benzene rings is 2. The van der Waals surface area contributed by atoms with Crippen molar-refractivity contribution >= 4 is 17.7 Å². The molecule has 1 aliphatic heterocycles. The molecule has 0 spiro atoms. The van der Waals surface area contributed by atoms with Crippen LogP contribution in [0.3, 0.4) is 0 Å². The second kappa shape index (κ2) is 10.7. The average molecular weight is 610 g/mol. The first-order valence-electron chi connectivity index (χ1n) is 12.3. The number of carboxylic acid groups (broad SMARTS) is 1. The predicted molar refractivity (Wildman–Crippen MR) is 130 cm³/mol. The second-order valence-electron chi connectivity index (χ2n) is 9.82. The molecular formula is C25H23F9N6O2. The summed E-state index contributed by atoms with van der Waals surface area (Å²) in [6, 6.07) is 0.446. The number of carbonyl (C=O) groups is 1. The van der Waals surface area contributed by atoms with Gasteiger partial charge >= 0.3 is 24.6 Å². The third kappa shape index (κ3) is 6.09. The van der Waals surface area contributed by atoms with Gasteiger partial charge in [-0.25, -0.2) is 4.79 Å². The highest BCUT2D eigenvalue weighted by Gasteiger charge is 2.43. The fraction of sp³-hybridized carbons (Fsp3) is 0.440. The summed E-state index contributed by atoms with van der Waals surface area (Å²) >= 11 is 0. The molecule has 0 bridgehead atoms. The number of amides is 1. The van der Waals surface area contributed by atoms with E-state index in [0.29, 0.717) is 12.1 Å². The van der Waals surface area contributed by atoms with Crippen LogP contribution < -0.4 is 9.80 Å². The third-order valence-corrected chi connectivity index (χ3v) is 6.93. The summed E-state index contributed by atoms with van der Waals surface area (Å²) in [5, 5.41) is 21.5. The molecule has 42 heavy (non-hydrogen) atoms. The van der Waals surface area contributed by atoms with Gasteiger partial charge in [0.15, 0.2) is 0 Å². The lowest BCUT2D eigenvalue weighted by atomic mass is 9.85. The molecule has 2 atom stereocenters. The molecule has 4 rings (SSSR count). The summed E-state index contributed by atoms with van der Waals surface area (Å²) in [6.07, 6.45) is -16.6. The highest BCUT2D eigenvalue weighted by molar-refractivity contribution is 5.90. The first-order chi connectivity index (χ1) is 19.3. The normalized spacial score (nSPS) is 17.8. The zero-order chi connectivity index (χ0) is 31.4. The Kier molecular flexibility index (Phi) is 7.84. The lowest BCUT2D eigenvalue weighted by molar-refractivity contribution is -0.143. The van der Waals surface area contributed by atoms with E-state index in [0.717, 1.165) is 26.7 Å². The Morgan fingerprint density at radius 3 is 1.95 bits per heavy atom. The summed E-state index contributed by atoms with van der Waals surface area (Å²) in [5.74, 6) is -0.298. The number of anilines is 2. The maximum absolute atomic E-state index is 13.9. The number of tetrazole rings is 1. The number of fused-ring (bicyclic) bond motifs is 1. The van der Waals surface area contributed by atoms with Gasteiger partial charge in [0.2, 0.25) is 0 Å². The second-order valence-corrected chi connectivity index (χ2v) is 9.82. The lowest BCUT2D eigenvalue weighted by Crippen LogP contribution is -2.47. The molecule has 0 fully saturated rings. The zero-order valence-electron chi connectivity index (χ0n) is 22.1. The Morgan fingerprint density at radius 2 is 1.50 bits per heavy atom. The van der Waals surface area contributed by atoms with E-state index in [1.165, 1.54) is 14.0 Å². The monoisotopic (exact) mass is 610 g/mol. The minimum atomic E-state index is -5.14. The van der Waals surface area contributed by atoms with E-state index >= 15 is 0 Å². The van der Waals surface area contributed by atoms with Crippen LogP contribution in [0.1, 0.15) is 59.2 Å². The number of rotatable bonds is 5. The number of halogens is 9. The molecule has 2 heterocycles. The largest absolute Gasteiger partial charge is 0.465 e. The summed E-state index contributed by atoms with van der Waals surface area (Å²) in [5.41, 5.74) is -5.05. The van der Waals surface area contributed by atoms with Crippen LogP contribution in [0.2, 0.25) is 0 Å². The Morgan fingerprint density at radius 1 is 0.952 bits per heavy atom. The van der Waals surface area contributed by atoms with Crippen molar-refractivity contribution in [3.05, 3.63) is 63.7 Å². The Balaban J connectivity index is 1.97. The summed E-state index contributed by atoms with van der Waals surface area (Å²) in [4.78, 5) is 15.3. The van der Waals surface area contributed by atoms with Crippen molar-refractivity contribution in [1.29, 1.82) is 0 Å². The maximum Gasteiger partial charge on any atom is 0.416 e. The van der Waals surface area contributed by atoms with Crippen molar-refractivity contribution in [2.45, 2.75) is 63.8 Å². The smallest absolute Gasteiger partial charge is 0.416 e. The van der Waals surface area contributed by atoms with Crippen LogP contribution in [0.25, 0.3) is 0 Å². The topological polar surface area (TPSA) is 87.4 Å². The van der Waals surface area contributed by atoms with Gasteiger partial charge in [-0.05, 0) is 72.0 Å². The minimum absolute atomic E-state index is 0.0405. The zero-order valence-corrected chi connectivity index (χ0v) is 22.1. The lowest BCUT2D eigenvalue weighted by Gasteiger charge is -2.44. The predicted octanol–water partition coefficient (Wildman–Crippen LogP) is 6.99. The first-order valence-corrected chi connectivity index (χ1v) is 12.3. The molecule has 228 valence electrons. The van der Waals surface area contributed by atoms with Crippen LogP contribution in [-0.4, -0.2) is 37.4 Å². The number of aryl methyl sites for hydroxylation is 2. The van der Waals surface area contributed by atoms with Crippen molar-refractivity contribution in [1.82, 2.24) is 20.2 Å². The van der Waals surface area contributed by atoms with E-state index in [2.05, 4.69) is 15.4 Å². The Hall–Kier alpha value is -4.05. The van der Waals surface area contributed by atoms with Crippen molar-refractivity contribution < 1.29 is 49.4 Å². The van der Waals surface area contributed by atoms with Gasteiger partial charge in [-0.15, -0.1) is 5.10 Å². The van der Waals surface area contributed by atoms with Gasteiger partial charge in [0.05, 0.1) is 35.5 Å². The number of hydrogen-bond acceptors (Lipinski definition) is 5. The molecular weight excluding hydrogens is 587 g/mol. The van der Waals surface area contributed by atoms with Gasteiger partial charge in [-0.3, -0.25) is 4.90 Å². The Bertz CT molecular complexity index is 1450. The van der Waals surface area contributed by atoms with E-state index in [-0.39, 0.29) is 41.7 Å². The minimum Gasteiger partial charge on any atom is -0.465 e. The number of alkyl halides is 9. The maximum atomic E-state index is 13.9. The number of aromatic nitrogens is 4. The fourth-order valence-electron chi connectivity index (χ4n) is 5.14. The van der Waals surface area contributed by atoms with Gasteiger partial charge in [0, 0.05) is 12.6 Å². The highest BCUT2D eigenvalue weighted by Crippen LogP contribution is 2.47. The molecule has 1 N–H and O–H groups in total. The van der Waals surface area contributed by atoms with E-state index in [1.807, 2.05) is 0 Å². The molecule has 1 aliphatic rings. The number of nitrogens with zero attached hydrogens (tertiary/aromatic N) is 6. The van der Waals surface area contributed by atoms with Gasteiger partial charge < -0.3 is 10.0 Å². The van der Waals surface area contributed by atoms with Crippen LogP contribution in [-0.2, 0) is 32.1 Å². The van der Waals surface area contributed by atoms with Crippen molar-refractivity contribution in [2.24, 2.45) is 7.05 Å². The van der Waals surface area contributed by atoms with Gasteiger partial charge in [0.1, 0.15) is 0 Å². The first kappa shape index (κ1) is 30.9. The molecule has 3 aromatic rings. The summed E-state index contributed by atoms with van der Waals surface area (Å²) in [6.45, 7) is 2.21. The SMILES string of the molecule is CC[C@@H]1C[C@H](N(Cc2cc(C(F)(F)F)cc(C(F)(F)F)c2)c2nnn(C)n2)c2cc(C(F)(F)F)cc(C)c2N1C(=O)O. The van der Waals surface area contributed by atoms with E-state index in [1.54, 1.807) is 6.92 Å². The number of hydrogen-bond donors (Lipinski definition) is 1. The Labute approximate surface area is 232 Å². The molecule has 0 aliphatic carbocycles. The molecule has 1 amide bonds. The fourth-order valence-corrected chi connectivity index (χ4v) is 5.14. The molecule has 0 unspecified atom stereocenters. The molecule has 0 saturated heterocycles. The summed E-state index contributed by atoms with van der Waals surface area (Å²) < 4.78 is 123. The van der Waals surface area contributed by atoms with Crippen LogP contribution in [0.5, 0.6) is 0 Å². The van der Waals surface area contributed by atoms with Gasteiger partial charge in [-0.1, -0.05) is 12.0 Å². The van der Waals surface area contributed by atoms with Crippen LogP contribution in [0.15, 0.2) is 30.3 Å². The molecule has 8 nitrogen and oxygen atoms in total. The highest BCUT2D eigenvalue weighted by atomic mass is 19.4. The molecule has 17 heteroatoms. The molecule has 0 radical (unpaired) electrons. The standard InChI is InChI=1S/C25H23F9N6O2/c1-4-17-10-19(18-9-14(23(26,27)28)5-12(2)20(18)40(17)22(41)42)39(21-35-37-38(3)36-21)11-13-6-15(24(29,30)31)8-16(7-13)25(32,33)34/h5-9,17,19H,4,10-11H2,1-3H3,(H,41,42)/t17-,19+/m1/s1. The van der Waals surface area contributed by atoms with E-state index in [9.17, 15) is 49.4 Å². The molecule has 1 aromatic heterocycles. The quantitative estimate of drug-likeness (QED) is 0.314. The van der Waals surface area contributed by atoms with Crippen molar-refractivity contribution in [3.8, 4) is 0 Å². The van der Waals surface area contributed by atoms with E-state index < -0.39 is 65.5 Å². The molecule has 0 saturated carbocycles. The van der Waals surface area contributed by atoms with Crippen LogP contribution >= 0.6 is 0 Å². The van der Waals surface area contributed by atoms with Crippen LogP contribution in [0, 0.1) is 6.92 Å².